The summed E-state index contributed by atoms with van der Waals surface area (Å²) in [5, 5.41) is 0.532. The Hall–Kier alpha value is -1.07. The van der Waals surface area contributed by atoms with E-state index in [4.69, 9.17) is 17.4 Å². The van der Waals surface area contributed by atoms with E-state index in [0.717, 1.165) is 13.0 Å². The normalized spacial score (nSPS) is 12.3. The van der Waals surface area contributed by atoms with Gasteiger partial charge in [-0.3, -0.25) is 5.43 Å². The van der Waals surface area contributed by atoms with Crippen molar-refractivity contribution in [1.29, 1.82) is 0 Å². The third kappa shape index (κ3) is 3.21. The summed E-state index contributed by atoms with van der Waals surface area (Å²) in [6.45, 7) is 5.25. The minimum atomic E-state index is 0.371. The van der Waals surface area contributed by atoms with Crippen LogP contribution in [0.15, 0.2) is 6.20 Å². The fourth-order valence-corrected chi connectivity index (χ4v) is 1.61. The number of anilines is 2. The molecule has 1 rings (SSSR count). The molecular weight excluding hydrogens is 226 g/mol. The Morgan fingerprint density at radius 2 is 2.31 bits per heavy atom. The zero-order valence-electron chi connectivity index (χ0n) is 9.87. The first-order valence-corrected chi connectivity index (χ1v) is 5.66. The van der Waals surface area contributed by atoms with Crippen molar-refractivity contribution in [3.8, 4) is 0 Å². The molecule has 0 spiro atoms. The van der Waals surface area contributed by atoms with Crippen LogP contribution in [0.25, 0.3) is 0 Å². The molecule has 0 aliphatic carbocycles. The van der Waals surface area contributed by atoms with Gasteiger partial charge in [0.15, 0.2) is 5.82 Å². The molecule has 6 heteroatoms. The van der Waals surface area contributed by atoms with Crippen molar-refractivity contribution in [2.24, 2.45) is 11.8 Å². The van der Waals surface area contributed by atoms with Gasteiger partial charge in [0.05, 0.1) is 6.20 Å². The first-order chi connectivity index (χ1) is 7.58. The van der Waals surface area contributed by atoms with E-state index < -0.39 is 0 Å². The second-order valence-electron chi connectivity index (χ2n) is 3.90. The number of rotatable bonds is 5. The highest BCUT2D eigenvalue weighted by molar-refractivity contribution is 6.32. The van der Waals surface area contributed by atoms with E-state index in [-0.39, 0.29) is 0 Å². The lowest BCUT2D eigenvalue weighted by Gasteiger charge is -2.22. The molecule has 1 aromatic heterocycles. The summed E-state index contributed by atoms with van der Waals surface area (Å²) in [7, 11) is 1.96. The van der Waals surface area contributed by atoms with Gasteiger partial charge in [-0.05, 0) is 5.92 Å². The van der Waals surface area contributed by atoms with Gasteiger partial charge in [0.2, 0.25) is 5.95 Å². The van der Waals surface area contributed by atoms with E-state index in [2.05, 4.69) is 29.2 Å². The predicted octanol–water partition coefficient (Wildman–Crippen LogP) is 1.90. The van der Waals surface area contributed by atoms with Gasteiger partial charge in [-0.1, -0.05) is 31.9 Å². The molecule has 0 aliphatic heterocycles. The molecule has 0 saturated heterocycles. The SMILES string of the molecule is CCC(C)CN(C)c1nc(NN)ncc1Cl. The van der Waals surface area contributed by atoms with Crippen LogP contribution in [0.2, 0.25) is 5.02 Å². The molecule has 0 radical (unpaired) electrons. The number of hydrogen-bond donors (Lipinski definition) is 2. The number of aromatic nitrogens is 2. The molecule has 90 valence electrons. The first kappa shape index (κ1) is 13.0. The van der Waals surface area contributed by atoms with Crippen LogP contribution in [0, 0.1) is 5.92 Å². The van der Waals surface area contributed by atoms with Gasteiger partial charge in [-0.15, -0.1) is 0 Å². The topological polar surface area (TPSA) is 67.1 Å². The summed E-state index contributed by atoms with van der Waals surface area (Å²) in [5.41, 5.74) is 2.41. The fraction of sp³-hybridized carbons (Fsp3) is 0.600. The second kappa shape index (κ2) is 5.86. The van der Waals surface area contributed by atoms with Gasteiger partial charge in [-0.2, -0.15) is 4.98 Å². The average Bonchev–Trinajstić information content (AvgIpc) is 2.29. The summed E-state index contributed by atoms with van der Waals surface area (Å²) < 4.78 is 0. The summed E-state index contributed by atoms with van der Waals surface area (Å²) in [5.74, 6) is 6.92. The monoisotopic (exact) mass is 243 g/mol. The smallest absolute Gasteiger partial charge is 0.239 e. The maximum absolute atomic E-state index is 6.04. The number of halogens is 1. The molecule has 5 nitrogen and oxygen atoms in total. The quantitative estimate of drug-likeness (QED) is 0.611. The second-order valence-corrected chi connectivity index (χ2v) is 4.31. The Balaban J connectivity index is 2.84. The van der Waals surface area contributed by atoms with Crippen LogP contribution >= 0.6 is 11.6 Å². The molecule has 1 aromatic rings. The molecule has 1 heterocycles. The molecule has 0 amide bonds. The van der Waals surface area contributed by atoms with Crippen molar-refractivity contribution in [3.05, 3.63) is 11.2 Å². The lowest BCUT2D eigenvalue weighted by molar-refractivity contribution is 0.557. The van der Waals surface area contributed by atoms with Crippen molar-refractivity contribution in [2.45, 2.75) is 20.3 Å². The van der Waals surface area contributed by atoms with E-state index in [9.17, 15) is 0 Å². The highest BCUT2D eigenvalue weighted by Crippen LogP contribution is 2.23. The summed E-state index contributed by atoms with van der Waals surface area (Å²) in [6.07, 6.45) is 2.67. The Morgan fingerprint density at radius 1 is 1.62 bits per heavy atom. The van der Waals surface area contributed by atoms with Crippen LogP contribution in [-0.4, -0.2) is 23.6 Å². The lowest BCUT2D eigenvalue weighted by atomic mass is 10.1. The molecule has 0 bridgehead atoms. The van der Waals surface area contributed by atoms with Crippen molar-refractivity contribution >= 4 is 23.4 Å². The molecule has 0 aliphatic rings. The average molecular weight is 244 g/mol. The Bertz CT molecular complexity index is 344. The molecule has 0 aromatic carbocycles. The van der Waals surface area contributed by atoms with Crippen LogP contribution in [0.5, 0.6) is 0 Å². The van der Waals surface area contributed by atoms with Crippen molar-refractivity contribution in [1.82, 2.24) is 9.97 Å². The summed E-state index contributed by atoms with van der Waals surface area (Å²) in [4.78, 5) is 10.2. The van der Waals surface area contributed by atoms with Crippen LogP contribution in [0.4, 0.5) is 11.8 Å². The van der Waals surface area contributed by atoms with E-state index in [0.29, 0.717) is 22.7 Å². The minimum Gasteiger partial charge on any atom is -0.358 e. The molecule has 3 N–H and O–H groups in total. The number of nitrogens with one attached hydrogen (secondary N) is 1. The fourth-order valence-electron chi connectivity index (χ4n) is 1.38. The number of hydrogen-bond acceptors (Lipinski definition) is 5. The van der Waals surface area contributed by atoms with Gasteiger partial charge < -0.3 is 4.90 Å². The van der Waals surface area contributed by atoms with Gasteiger partial charge in [0.25, 0.3) is 0 Å². The Kier molecular flexibility index (Phi) is 4.76. The van der Waals surface area contributed by atoms with Gasteiger partial charge >= 0.3 is 0 Å². The maximum atomic E-state index is 6.04. The van der Waals surface area contributed by atoms with Crippen LogP contribution < -0.4 is 16.2 Å². The molecule has 0 saturated carbocycles. The third-order valence-corrected chi connectivity index (χ3v) is 2.77. The molecular formula is C10H18ClN5. The van der Waals surface area contributed by atoms with E-state index in [1.54, 1.807) is 6.20 Å². The summed E-state index contributed by atoms with van der Waals surface area (Å²) >= 11 is 6.04. The van der Waals surface area contributed by atoms with Crippen molar-refractivity contribution < 1.29 is 0 Å². The number of nitrogens with two attached hydrogens (primary N) is 1. The van der Waals surface area contributed by atoms with Crippen LogP contribution in [-0.2, 0) is 0 Å². The highest BCUT2D eigenvalue weighted by atomic mass is 35.5. The van der Waals surface area contributed by atoms with Crippen molar-refractivity contribution in [2.75, 3.05) is 23.9 Å². The largest absolute Gasteiger partial charge is 0.358 e. The Labute approximate surface area is 101 Å². The highest BCUT2D eigenvalue weighted by Gasteiger charge is 2.12. The number of nitrogens with zero attached hydrogens (tertiary/aromatic N) is 3. The zero-order chi connectivity index (χ0) is 12.1. The minimum absolute atomic E-state index is 0.371. The van der Waals surface area contributed by atoms with Gasteiger partial charge in [0.1, 0.15) is 5.02 Å². The lowest BCUT2D eigenvalue weighted by Crippen LogP contribution is -2.25. The van der Waals surface area contributed by atoms with Gasteiger partial charge in [-0.25, -0.2) is 10.8 Å². The zero-order valence-corrected chi connectivity index (χ0v) is 10.6. The van der Waals surface area contributed by atoms with E-state index >= 15 is 0 Å². The first-order valence-electron chi connectivity index (χ1n) is 5.28. The number of nitrogen functional groups attached to an aromatic ring is 1. The predicted molar refractivity (Wildman–Crippen MR) is 67.6 cm³/mol. The van der Waals surface area contributed by atoms with Crippen LogP contribution in [0.3, 0.4) is 0 Å². The molecule has 1 atom stereocenters. The molecule has 16 heavy (non-hydrogen) atoms. The van der Waals surface area contributed by atoms with Crippen LogP contribution in [0.1, 0.15) is 20.3 Å². The maximum Gasteiger partial charge on any atom is 0.239 e. The third-order valence-electron chi connectivity index (χ3n) is 2.50. The van der Waals surface area contributed by atoms with E-state index in [1.165, 1.54) is 0 Å². The van der Waals surface area contributed by atoms with Crippen molar-refractivity contribution in [3.63, 3.8) is 0 Å². The Morgan fingerprint density at radius 3 is 2.88 bits per heavy atom. The molecule has 1 unspecified atom stereocenters. The van der Waals surface area contributed by atoms with E-state index in [1.807, 2.05) is 11.9 Å². The summed E-state index contributed by atoms with van der Waals surface area (Å²) in [6, 6.07) is 0. The van der Waals surface area contributed by atoms with Gasteiger partial charge in [0, 0.05) is 13.6 Å². The standard InChI is InChI=1S/C10H18ClN5/c1-4-7(2)6-16(3)9-8(11)5-13-10(14-9)15-12/h5,7H,4,6,12H2,1-3H3,(H,13,14,15). The molecule has 0 fully saturated rings. The number of hydrazine groups is 1.